The summed E-state index contributed by atoms with van der Waals surface area (Å²) in [6.45, 7) is 0.902. The second kappa shape index (κ2) is 2.41. The van der Waals surface area contributed by atoms with Crippen molar-refractivity contribution >= 4 is 5.71 Å². The van der Waals surface area contributed by atoms with Gasteiger partial charge in [-0.05, 0) is 12.8 Å². The Morgan fingerprint density at radius 1 is 1.30 bits per heavy atom. The van der Waals surface area contributed by atoms with Crippen LogP contribution in [0.2, 0.25) is 0 Å². The Bertz CT molecular complexity index is 211. The molecule has 2 rings (SSSR count). The molecule has 2 aliphatic rings. The van der Waals surface area contributed by atoms with E-state index in [1.54, 1.807) is 0 Å². The summed E-state index contributed by atoms with van der Waals surface area (Å²) in [4.78, 5) is 4.43. The van der Waals surface area contributed by atoms with E-state index in [-0.39, 0.29) is 0 Å². The number of fused-ring (bicyclic) bond motifs is 1. The van der Waals surface area contributed by atoms with E-state index in [4.69, 9.17) is 0 Å². The van der Waals surface area contributed by atoms with Crippen molar-refractivity contribution in [2.45, 2.75) is 12.8 Å². The lowest BCUT2D eigenvalue weighted by molar-refractivity contribution is 0.908. The van der Waals surface area contributed by atoms with E-state index in [9.17, 15) is 0 Å². The molecular weight excluding hydrogens is 122 g/mol. The first-order valence-electron chi connectivity index (χ1n) is 3.83. The van der Waals surface area contributed by atoms with E-state index in [1.807, 2.05) is 0 Å². The fraction of sp³-hybridized carbons (Fsp3) is 0.444. The molecule has 1 heteroatoms. The van der Waals surface area contributed by atoms with E-state index in [0.29, 0.717) is 5.92 Å². The minimum Gasteiger partial charge on any atom is -0.289 e. The van der Waals surface area contributed by atoms with Crippen LogP contribution in [0, 0.1) is 5.92 Å². The van der Waals surface area contributed by atoms with Gasteiger partial charge in [0.15, 0.2) is 0 Å². The van der Waals surface area contributed by atoms with Crippen LogP contribution < -0.4 is 0 Å². The normalized spacial score (nSPS) is 29.6. The summed E-state index contributed by atoms with van der Waals surface area (Å²) in [6.07, 6.45) is 11.2. The highest BCUT2D eigenvalue weighted by Crippen LogP contribution is 2.18. The number of hydrogen-bond donors (Lipinski definition) is 0. The summed E-state index contributed by atoms with van der Waals surface area (Å²) in [7, 11) is 0. The molecule has 0 aromatic heterocycles. The van der Waals surface area contributed by atoms with Crippen LogP contribution in [-0.4, -0.2) is 12.3 Å². The van der Waals surface area contributed by atoms with Crippen molar-refractivity contribution in [3.63, 3.8) is 0 Å². The Kier molecular flexibility index (Phi) is 1.42. The van der Waals surface area contributed by atoms with Gasteiger partial charge >= 0.3 is 0 Å². The lowest BCUT2D eigenvalue weighted by Gasteiger charge is -2.18. The molecular formula is C9H11N. The molecule has 0 amide bonds. The monoisotopic (exact) mass is 133 g/mol. The second-order valence-corrected chi connectivity index (χ2v) is 2.75. The fourth-order valence-electron chi connectivity index (χ4n) is 1.49. The maximum Gasteiger partial charge on any atom is 0.0570 e. The van der Waals surface area contributed by atoms with Gasteiger partial charge in [-0.2, -0.15) is 0 Å². The van der Waals surface area contributed by atoms with Crippen LogP contribution in [-0.2, 0) is 0 Å². The molecule has 52 valence electrons. The van der Waals surface area contributed by atoms with Gasteiger partial charge in [0, 0.05) is 11.6 Å². The van der Waals surface area contributed by atoms with E-state index >= 15 is 0 Å². The Morgan fingerprint density at radius 2 is 2.20 bits per heavy atom. The molecule has 0 aromatic carbocycles. The highest BCUT2D eigenvalue weighted by Gasteiger charge is 2.13. The van der Waals surface area contributed by atoms with Crippen LogP contribution in [0.3, 0.4) is 0 Å². The molecule has 1 unspecified atom stereocenters. The van der Waals surface area contributed by atoms with Crippen molar-refractivity contribution in [2.75, 3.05) is 6.54 Å². The Labute approximate surface area is 61.2 Å². The van der Waals surface area contributed by atoms with Crippen molar-refractivity contribution < 1.29 is 0 Å². The Balaban J connectivity index is 2.26. The Hall–Kier alpha value is -0.850. The molecule has 0 radical (unpaired) electrons. The molecule has 0 N–H and O–H groups in total. The number of nitrogens with zero attached hydrogens (tertiary/aromatic N) is 1. The fourth-order valence-corrected chi connectivity index (χ4v) is 1.49. The van der Waals surface area contributed by atoms with Gasteiger partial charge in [0.05, 0.1) is 6.54 Å². The summed E-state index contributed by atoms with van der Waals surface area (Å²) in [6, 6.07) is 0. The van der Waals surface area contributed by atoms with Crippen molar-refractivity contribution in [2.24, 2.45) is 10.9 Å². The minimum atomic E-state index is 0.544. The van der Waals surface area contributed by atoms with Crippen LogP contribution in [0.25, 0.3) is 0 Å². The number of hydrogen-bond acceptors (Lipinski definition) is 1. The quantitative estimate of drug-likeness (QED) is 0.448. The first kappa shape index (κ1) is 5.90. The molecule has 10 heavy (non-hydrogen) atoms. The van der Waals surface area contributed by atoms with Gasteiger partial charge in [-0.25, -0.2) is 0 Å². The third kappa shape index (κ3) is 0.919. The van der Waals surface area contributed by atoms with E-state index in [2.05, 4.69) is 29.3 Å². The maximum atomic E-state index is 4.43. The SMILES string of the molecule is C1=CC2C=CCN=C2CC1. The van der Waals surface area contributed by atoms with Crippen LogP contribution in [0.15, 0.2) is 29.3 Å². The molecule has 0 aromatic rings. The summed E-state index contributed by atoms with van der Waals surface area (Å²) >= 11 is 0. The summed E-state index contributed by atoms with van der Waals surface area (Å²) in [5, 5.41) is 0. The zero-order valence-electron chi connectivity index (χ0n) is 5.96. The third-order valence-corrected chi connectivity index (χ3v) is 2.04. The largest absolute Gasteiger partial charge is 0.289 e. The molecule has 0 saturated heterocycles. The highest BCUT2D eigenvalue weighted by atomic mass is 14.7. The smallest absolute Gasteiger partial charge is 0.0570 e. The van der Waals surface area contributed by atoms with Crippen molar-refractivity contribution in [3.05, 3.63) is 24.3 Å². The van der Waals surface area contributed by atoms with Gasteiger partial charge in [0.1, 0.15) is 0 Å². The molecule has 0 fully saturated rings. The van der Waals surface area contributed by atoms with Gasteiger partial charge in [0.25, 0.3) is 0 Å². The average molecular weight is 133 g/mol. The van der Waals surface area contributed by atoms with Crippen LogP contribution in [0.4, 0.5) is 0 Å². The van der Waals surface area contributed by atoms with Crippen molar-refractivity contribution in [3.8, 4) is 0 Å². The predicted molar refractivity (Wildman–Crippen MR) is 43.3 cm³/mol. The zero-order chi connectivity index (χ0) is 6.81. The molecule has 0 saturated carbocycles. The third-order valence-electron chi connectivity index (χ3n) is 2.04. The predicted octanol–water partition coefficient (Wildman–Crippen LogP) is 1.96. The van der Waals surface area contributed by atoms with Gasteiger partial charge < -0.3 is 0 Å². The molecule has 0 bridgehead atoms. The standard InChI is InChI=1S/C9H11N/c1-2-6-9-8(4-1)5-3-7-10-9/h1,3-5,8H,2,6-7H2. The molecule has 1 heterocycles. The minimum absolute atomic E-state index is 0.544. The van der Waals surface area contributed by atoms with Crippen LogP contribution in [0.1, 0.15) is 12.8 Å². The van der Waals surface area contributed by atoms with Gasteiger partial charge in [-0.1, -0.05) is 24.3 Å². The summed E-state index contributed by atoms with van der Waals surface area (Å²) in [5.41, 5.74) is 1.38. The van der Waals surface area contributed by atoms with E-state index in [0.717, 1.165) is 6.54 Å². The highest BCUT2D eigenvalue weighted by molar-refractivity contribution is 5.91. The zero-order valence-corrected chi connectivity index (χ0v) is 5.96. The van der Waals surface area contributed by atoms with Crippen molar-refractivity contribution in [1.29, 1.82) is 0 Å². The number of allylic oxidation sites excluding steroid dienone is 3. The van der Waals surface area contributed by atoms with Gasteiger partial charge in [0.2, 0.25) is 0 Å². The lowest BCUT2D eigenvalue weighted by Crippen LogP contribution is -2.16. The lowest BCUT2D eigenvalue weighted by atomic mass is 9.92. The van der Waals surface area contributed by atoms with Gasteiger partial charge in [-0.15, -0.1) is 0 Å². The van der Waals surface area contributed by atoms with E-state index < -0.39 is 0 Å². The number of aliphatic imine (C=N–C) groups is 1. The molecule has 1 atom stereocenters. The first-order valence-corrected chi connectivity index (χ1v) is 3.83. The number of rotatable bonds is 0. The van der Waals surface area contributed by atoms with Gasteiger partial charge in [-0.3, -0.25) is 4.99 Å². The van der Waals surface area contributed by atoms with E-state index in [1.165, 1.54) is 18.6 Å². The topological polar surface area (TPSA) is 12.4 Å². The average Bonchev–Trinajstić information content (AvgIpc) is 2.05. The van der Waals surface area contributed by atoms with Crippen LogP contribution in [0.5, 0.6) is 0 Å². The Morgan fingerprint density at radius 3 is 3.10 bits per heavy atom. The van der Waals surface area contributed by atoms with Crippen molar-refractivity contribution in [1.82, 2.24) is 0 Å². The first-order chi connectivity index (χ1) is 4.97. The summed E-state index contributed by atoms with van der Waals surface area (Å²) in [5.74, 6) is 0.544. The molecule has 1 aliphatic carbocycles. The maximum absolute atomic E-state index is 4.43. The number of dihydropyridines is 1. The molecule has 0 spiro atoms. The van der Waals surface area contributed by atoms with Crippen LogP contribution >= 0.6 is 0 Å². The second-order valence-electron chi connectivity index (χ2n) is 2.75. The molecule has 1 nitrogen and oxygen atoms in total. The molecule has 1 aliphatic heterocycles. The summed E-state index contributed by atoms with van der Waals surface area (Å²) < 4.78 is 0.